The minimum atomic E-state index is -1.23. The molecule has 0 radical (unpaired) electrons. The van der Waals surface area contributed by atoms with E-state index in [0.717, 1.165) is 6.07 Å². The monoisotopic (exact) mass is 239 g/mol. The molecule has 90 valence electrons. The lowest BCUT2D eigenvalue weighted by Crippen LogP contribution is -2.16. The summed E-state index contributed by atoms with van der Waals surface area (Å²) < 4.78 is 18.2. The summed E-state index contributed by atoms with van der Waals surface area (Å²) in [5.74, 6) is -3.16. The number of rotatable bonds is 5. The third kappa shape index (κ3) is 3.04. The van der Waals surface area contributed by atoms with Crippen LogP contribution in [0.1, 0.15) is 10.4 Å². The topological polar surface area (TPSA) is 89.6 Å². The number of carbonyl (C=O) groups is 2. The largest absolute Gasteiger partial charge is 0.488 e. The van der Waals surface area contributed by atoms with Crippen LogP contribution in [0, 0.1) is 5.82 Å². The van der Waals surface area contributed by atoms with Crippen molar-refractivity contribution in [3.8, 4) is 5.75 Å². The normalized spacial score (nSPS) is 9.71. The molecule has 1 aromatic rings. The van der Waals surface area contributed by atoms with Crippen molar-refractivity contribution in [3.05, 3.63) is 41.7 Å². The van der Waals surface area contributed by atoms with Crippen molar-refractivity contribution in [2.24, 2.45) is 5.73 Å². The first-order valence-corrected chi connectivity index (χ1v) is 4.55. The van der Waals surface area contributed by atoms with E-state index in [0.29, 0.717) is 0 Å². The average Bonchev–Trinajstić information content (AvgIpc) is 2.24. The van der Waals surface area contributed by atoms with Gasteiger partial charge in [-0.2, -0.15) is 0 Å². The number of hydrogen-bond acceptors (Lipinski definition) is 3. The summed E-state index contributed by atoms with van der Waals surface area (Å²) in [4.78, 5) is 21.4. The average molecular weight is 239 g/mol. The van der Waals surface area contributed by atoms with Gasteiger partial charge < -0.3 is 15.6 Å². The van der Waals surface area contributed by atoms with Crippen LogP contribution in [0.3, 0.4) is 0 Å². The fourth-order valence-corrected chi connectivity index (χ4v) is 1.09. The van der Waals surface area contributed by atoms with E-state index < -0.39 is 23.3 Å². The van der Waals surface area contributed by atoms with Crippen molar-refractivity contribution >= 4 is 11.9 Å². The van der Waals surface area contributed by atoms with Gasteiger partial charge in [0.25, 0.3) is 5.91 Å². The third-order valence-electron chi connectivity index (χ3n) is 1.93. The van der Waals surface area contributed by atoms with Crippen molar-refractivity contribution in [2.75, 3.05) is 6.61 Å². The van der Waals surface area contributed by atoms with Gasteiger partial charge in [0.15, 0.2) is 0 Å². The fraction of sp³-hybridized carbons (Fsp3) is 0.0909. The summed E-state index contributed by atoms with van der Waals surface area (Å²) in [7, 11) is 0. The Balaban J connectivity index is 2.92. The van der Waals surface area contributed by atoms with E-state index in [2.05, 4.69) is 6.58 Å². The lowest BCUT2D eigenvalue weighted by molar-refractivity contribution is -0.133. The Morgan fingerprint density at radius 2 is 2.12 bits per heavy atom. The highest BCUT2D eigenvalue weighted by Crippen LogP contribution is 2.21. The number of nitrogens with two attached hydrogens (primary N) is 1. The van der Waals surface area contributed by atoms with Gasteiger partial charge in [-0.1, -0.05) is 12.6 Å². The van der Waals surface area contributed by atoms with E-state index in [4.69, 9.17) is 15.6 Å². The van der Waals surface area contributed by atoms with Crippen LogP contribution in [0.5, 0.6) is 5.75 Å². The third-order valence-corrected chi connectivity index (χ3v) is 1.93. The molecule has 5 nitrogen and oxygen atoms in total. The van der Waals surface area contributed by atoms with Crippen molar-refractivity contribution in [1.29, 1.82) is 0 Å². The summed E-state index contributed by atoms with van der Waals surface area (Å²) in [6.45, 7) is 2.87. The van der Waals surface area contributed by atoms with Crippen LogP contribution in [0.25, 0.3) is 0 Å². The molecule has 0 heterocycles. The van der Waals surface area contributed by atoms with Crippen LogP contribution in [-0.4, -0.2) is 23.6 Å². The van der Waals surface area contributed by atoms with Crippen molar-refractivity contribution < 1.29 is 23.8 Å². The van der Waals surface area contributed by atoms with E-state index in [1.54, 1.807) is 0 Å². The molecule has 0 bridgehead atoms. The van der Waals surface area contributed by atoms with E-state index >= 15 is 0 Å². The molecule has 3 N–H and O–H groups in total. The van der Waals surface area contributed by atoms with Gasteiger partial charge >= 0.3 is 5.97 Å². The summed E-state index contributed by atoms with van der Waals surface area (Å²) in [6.07, 6.45) is 0. The number of ether oxygens (including phenoxy) is 1. The number of aliphatic carboxylic acids is 1. The number of carbonyl (C=O) groups excluding carboxylic acids is 1. The second-order valence-corrected chi connectivity index (χ2v) is 3.17. The Morgan fingerprint density at radius 3 is 2.65 bits per heavy atom. The van der Waals surface area contributed by atoms with Crippen molar-refractivity contribution in [2.45, 2.75) is 0 Å². The van der Waals surface area contributed by atoms with Crippen LogP contribution < -0.4 is 10.5 Å². The minimum Gasteiger partial charge on any atom is -0.488 e. The van der Waals surface area contributed by atoms with Crippen LogP contribution in [0.4, 0.5) is 4.39 Å². The number of halogens is 1. The van der Waals surface area contributed by atoms with Gasteiger partial charge in [-0.05, 0) is 12.1 Å². The molecule has 6 heteroatoms. The maximum absolute atomic E-state index is 13.3. The number of benzene rings is 1. The summed E-state index contributed by atoms with van der Waals surface area (Å²) in [6, 6.07) is 3.69. The first kappa shape index (κ1) is 12.7. The van der Waals surface area contributed by atoms with Crippen LogP contribution >= 0.6 is 0 Å². The highest BCUT2D eigenvalue weighted by molar-refractivity contribution is 5.96. The first-order chi connectivity index (χ1) is 7.93. The van der Waals surface area contributed by atoms with Gasteiger partial charge in [0.2, 0.25) is 0 Å². The number of amides is 1. The molecule has 0 spiro atoms. The van der Waals surface area contributed by atoms with Crippen LogP contribution in [-0.2, 0) is 4.79 Å². The Kier molecular flexibility index (Phi) is 3.82. The lowest BCUT2D eigenvalue weighted by atomic mass is 10.2. The maximum atomic E-state index is 13.3. The van der Waals surface area contributed by atoms with E-state index in [-0.39, 0.29) is 17.9 Å². The molecular formula is C11H10FNO4. The van der Waals surface area contributed by atoms with Gasteiger partial charge in [-0.3, -0.25) is 4.79 Å². The molecule has 0 saturated carbocycles. The van der Waals surface area contributed by atoms with Crippen LogP contribution in [0.15, 0.2) is 30.4 Å². The minimum absolute atomic E-state index is 0.111. The van der Waals surface area contributed by atoms with Gasteiger partial charge in [0.05, 0.1) is 5.57 Å². The quantitative estimate of drug-likeness (QED) is 0.748. The molecule has 0 unspecified atom stereocenters. The Morgan fingerprint density at radius 1 is 1.47 bits per heavy atom. The lowest BCUT2D eigenvalue weighted by Gasteiger charge is -2.09. The standard InChI is InChI=1S/C11H10FNO4/c1-6(11(15)16)5-17-8-4-2-3-7(12)9(8)10(13)14/h2-4H,1,5H2,(H2,13,14)(H,15,16). The number of hydrogen-bond donors (Lipinski definition) is 2. The maximum Gasteiger partial charge on any atom is 0.334 e. The Bertz CT molecular complexity index is 484. The van der Waals surface area contributed by atoms with Gasteiger partial charge in [-0.15, -0.1) is 0 Å². The second-order valence-electron chi connectivity index (χ2n) is 3.17. The molecule has 1 amide bonds. The predicted molar refractivity (Wildman–Crippen MR) is 57.2 cm³/mol. The Hall–Kier alpha value is -2.37. The Labute approximate surface area is 96.3 Å². The molecular weight excluding hydrogens is 229 g/mol. The number of carboxylic acids is 1. The molecule has 0 aliphatic rings. The molecule has 1 aromatic carbocycles. The number of carboxylic acid groups (broad SMARTS) is 1. The van der Waals surface area contributed by atoms with Crippen molar-refractivity contribution in [1.82, 2.24) is 0 Å². The zero-order chi connectivity index (χ0) is 13.0. The highest BCUT2D eigenvalue weighted by Gasteiger charge is 2.15. The second kappa shape index (κ2) is 5.11. The molecule has 0 aromatic heterocycles. The fourth-order valence-electron chi connectivity index (χ4n) is 1.09. The number of primary amides is 1. The summed E-state index contributed by atoms with van der Waals surface area (Å²) in [5.41, 5.74) is 4.35. The summed E-state index contributed by atoms with van der Waals surface area (Å²) in [5, 5.41) is 8.55. The van der Waals surface area contributed by atoms with Gasteiger partial charge in [0, 0.05) is 0 Å². The summed E-state index contributed by atoms with van der Waals surface area (Å²) >= 11 is 0. The SMILES string of the molecule is C=C(COc1cccc(F)c1C(N)=O)C(=O)O. The molecule has 0 saturated heterocycles. The predicted octanol–water partition coefficient (Wildman–Crippen LogP) is 0.944. The molecule has 0 fully saturated rings. The zero-order valence-corrected chi connectivity index (χ0v) is 8.77. The van der Waals surface area contributed by atoms with Crippen LogP contribution in [0.2, 0.25) is 0 Å². The van der Waals surface area contributed by atoms with Gasteiger partial charge in [-0.25, -0.2) is 9.18 Å². The molecule has 1 rings (SSSR count). The molecule has 0 aliphatic carbocycles. The molecule has 0 aliphatic heterocycles. The highest BCUT2D eigenvalue weighted by atomic mass is 19.1. The van der Waals surface area contributed by atoms with E-state index in [1.165, 1.54) is 12.1 Å². The van der Waals surface area contributed by atoms with E-state index in [1.807, 2.05) is 0 Å². The zero-order valence-electron chi connectivity index (χ0n) is 8.77. The molecule has 17 heavy (non-hydrogen) atoms. The first-order valence-electron chi connectivity index (χ1n) is 4.55. The van der Waals surface area contributed by atoms with Gasteiger partial charge in [0.1, 0.15) is 23.7 Å². The molecule has 0 atom stereocenters. The smallest absolute Gasteiger partial charge is 0.334 e. The van der Waals surface area contributed by atoms with E-state index in [9.17, 15) is 14.0 Å². The van der Waals surface area contributed by atoms with Crippen molar-refractivity contribution in [3.63, 3.8) is 0 Å².